The van der Waals surface area contributed by atoms with Crippen LogP contribution in [0.5, 0.6) is 0 Å². The van der Waals surface area contributed by atoms with E-state index in [4.69, 9.17) is 0 Å². The lowest BCUT2D eigenvalue weighted by atomic mass is 9.30. The fourth-order valence-electron chi connectivity index (χ4n) is 17.9. The maximum absolute atomic E-state index is 2.70. The Morgan fingerprint density at radius 2 is 0.531 bits per heavy atom. The molecule has 0 radical (unpaired) electrons. The molecule has 0 amide bonds. The number of hydrogen-bond donors (Lipinski definition) is 0. The smallest absolute Gasteiger partial charge is 0.252 e. The van der Waals surface area contributed by atoms with Gasteiger partial charge in [-0.15, -0.1) is 0 Å². The SMILES string of the molecule is CC(C)(C)c1cc2c3c(c1)N(c1ccc4c5ccccc5c5ccccc5c4c1)c1cc4c(cc1B3c1ccccc1S2)B1c2ccccc2N(c2ccc3c5ccccc5c5ccccc5c3c2)c2cc(C(C)(C)C)cc(c21)N4c1ccc2c3ccccc3c3ccccc3c2c1. The van der Waals surface area contributed by atoms with E-state index < -0.39 is 0 Å². The molecule has 0 saturated carbocycles. The average Bonchev–Trinajstić information content (AvgIpc) is 0.686. The third-order valence-corrected chi connectivity index (χ3v) is 23.6. The Kier molecular flexibility index (Phi) is 11.6. The van der Waals surface area contributed by atoms with Gasteiger partial charge in [0.1, 0.15) is 0 Å². The fourth-order valence-corrected chi connectivity index (χ4v) is 19.1. The first-order valence-electron chi connectivity index (χ1n) is 34.7. The summed E-state index contributed by atoms with van der Waals surface area (Å²) in [7, 11) is 0. The molecule has 4 aliphatic rings. The number of hydrogen-bond acceptors (Lipinski definition) is 4. The van der Waals surface area contributed by atoms with Crippen molar-refractivity contribution in [3.8, 4) is 0 Å². The zero-order valence-corrected chi connectivity index (χ0v) is 56.4. The normalized spacial score (nSPS) is 13.9. The van der Waals surface area contributed by atoms with Crippen molar-refractivity contribution in [2.45, 2.75) is 62.2 Å². The van der Waals surface area contributed by atoms with Crippen LogP contribution in [0.4, 0.5) is 51.2 Å². The molecule has 0 fully saturated rings. The highest BCUT2D eigenvalue weighted by atomic mass is 32.2. The Balaban J connectivity index is 0.898. The molecule has 98 heavy (non-hydrogen) atoms. The predicted octanol–water partition coefficient (Wildman–Crippen LogP) is 21.5. The minimum atomic E-state index is -0.233. The molecule has 0 bridgehead atoms. The predicted molar refractivity (Wildman–Crippen MR) is 425 cm³/mol. The molecular weight excluding hydrogens is 1200 g/mol. The van der Waals surface area contributed by atoms with Crippen LogP contribution in [-0.4, -0.2) is 13.4 Å². The molecule has 17 aromatic rings. The molecule has 0 aliphatic carbocycles. The molecule has 0 aromatic heterocycles. The van der Waals surface area contributed by atoms with Crippen LogP contribution in [0.2, 0.25) is 0 Å². The van der Waals surface area contributed by atoms with Gasteiger partial charge in [-0.1, -0.05) is 265 Å². The molecule has 21 rings (SSSR count). The van der Waals surface area contributed by atoms with Gasteiger partial charge in [0.05, 0.1) is 0 Å². The molecule has 4 heterocycles. The van der Waals surface area contributed by atoms with Crippen LogP contribution in [0, 0.1) is 0 Å². The Morgan fingerprint density at radius 3 is 0.929 bits per heavy atom. The van der Waals surface area contributed by atoms with Crippen molar-refractivity contribution in [3.05, 3.63) is 296 Å². The van der Waals surface area contributed by atoms with Crippen LogP contribution < -0.4 is 47.5 Å². The minimum absolute atomic E-state index is 0.0509. The standard InChI is InChI=1S/C92H65B2N3S/c1-91(2,3)54-45-84-89-85(46-54)96(57-40-43-72-66-30-11-8-24-60(66)63-27-14-17-33-69(63)75(72)50-57)82-53-83-80(52-79(82)93(89)77-35-19-21-37-81(77)95(84)56-39-42-71-65-29-10-7-23-59(65)62-26-13-16-32-68(62)74(71)49-56)94-78-36-20-22-38-87(78)98-88-48-55(92(4,5)6)47-86(90(88)94)97(83)58-41-44-73-67-31-12-9-25-61(67)64-28-15-18-34-70(64)76(73)51-58/h7-53H,1-6H3. The Labute approximate surface area is 575 Å². The van der Waals surface area contributed by atoms with E-state index >= 15 is 0 Å². The van der Waals surface area contributed by atoms with Crippen LogP contribution in [0.15, 0.2) is 295 Å². The van der Waals surface area contributed by atoms with Gasteiger partial charge < -0.3 is 14.7 Å². The number of fused-ring (bicyclic) bond motifs is 26. The van der Waals surface area contributed by atoms with Gasteiger partial charge >= 0.3 is 0 Å². The van der Waals surface area contributed by atoms with Crippen LogP contribution in [0.25, 0.3) is 97.0 Å². The summed E-state index contributed by atoms with van der Waals surface area (Å²) in [5.74, 6) is 0. The summed E-state index contributed by atoms with van der Waals surface area (Å²) in [6.45, 7) is 14.1. The first-order valence-corrected chi connectivity index (χ1v) is 35.5. The van der Waals surface area contributed by atoms with Gasteiger partial charge in [0.15, 0.2) is 0 Å². The summed E-state index contributed by atoms with van der Waals surface area (Å²) in [4.78, 5) is 10.7. The maximum Gasteiger partial charge on any atom is 0.252 e. The zero-order valence-electron chi connectivity index (χ0n) is 55.5. The fraction of sp³-hybridized carbons (Fsp3) is 0.0870. The van der Waals surface area contributed by atoms with Gasteiger partial charge in [-0.3, -0.25) is 0 Å². The Morgan fingerprint density at radius 1 is 0.224 bits per heavy atom. The molecular formula is C92H65B2N3S. The Hall–Kier alpha value is -11.0. The van der Waals surface area contributed by atoms with Gasteiger partial charge in [-0.25, -0.2) is 0 Å². The topological polar surface area (TPSA) is 9.72 Å². The summed E-state index contributed by atoms with van der Waals surface area (Å²) in [5, 5.41) is 22.8. The molecule has 0 N–H and O–H groups in total. The van der Waals surface area contributed by atoms with E-state index in [2.05, 4.69) is 341 Å². The van der Waals surface area contributed by atoms with Gasteiger partial charge in [0.25, 0.3) is 6.71 Å². The van der Waals surface area contributed by atoms with Gasteiger partial charge in [0, 0.05) is 61.0 Å². The molecule has 3 nitrogen and oxygen atoms in total. The van der Waals surface area contributed by atoms with Crippen molar-refractivity contribution >= 4 is 206 Å². The van der Waals surface area contributed by atoms with E-state index in [1.807, 2.05) is 11.8 Å². The second-order valence-corrected chi connectivity index (χ2v) is 30.9. The van der Waals surface area contributed by atoms with Crippen molar-refractivity contribution in [2.24, 2.45) is 0 Å². The first kappa shape index (κ1) is 56.2. The number of benzene rings is 17. The molecule has 0 atom stereocenters. The van der Waals surface area contributed by atoms with Crippen molar-refractivity contribution < 1.29 is 0 Å². The van der Waals surface area contributed by atoms with E-state index in [0.29, 0.717) is 0 Å². The summed E-state index contributed by atoms with van der Waals surface area (Å²) in [6.07, 6.45) is 0. The number of anilines is 9. The quantitative estimate of drug-likeness (QED) is 0.129. The van der Waals surface area contributed by atoms with E-state index in [1.54, 1.807) is 0 Å². The summed E-state index contributed by atoms with van der Waals surface area (Å²) >= 11 is 1.95. The number of rotatable bonds is 3. The Bertz CT molecular complexity index is 6330. The highest BCUT2D eigenvalue weighted by molar-refractivity contribution is 8.00. The third kappa shape index (κ3) is 7.86. The molecule has 0 saturated heterocycles. The van der Waals surface area contributed by atoms with E-state index in [0.717, 1.165) is 17.1 Å². The van der Waals surface area contributed by atoms with Crippen LogP contribution in [0.1, 0.15) is 52.7 Å². The van der Waals surface area contributed by atoms with Gasteiger partial charge in [-0.2, -0.15) is 0 Å². The summed E-state index contributed by atoms with van der Waals surface area (Å²) in [5.41, 5.74) is 20.9. The zero-order chi connectivity index (χ0) is 65.2. The molecule has 4 aliphatic heterocycles. The molecule has 6 heteroatoms. The van der Waals surface area contributed by atoms with Crippen LogP contribution >= 0.6 is 11.8 Å². The minimum Gasteiger partial charge on any atom is -0.311 e. The molecule has 460 valence electrons. The van der Waals surface area contributed by atoms with Crippen molar-refractivity contribution in [1.29, 1.82) is 0 Å². The van der Waals surface area contributed by atoms with E-state index in [9.17, 15) is 0 Å². The molecule has 0 unspecified atom stereocenters. The lowest BCUT2D eigenvalue weighted by Crippen LogP contribution is -2.64. The van der Waals surface area contributed by atoms with Gasteiger partial charge in [0.2, 0.25) is 6.71 Å². The van der Waals surface area contributed by atoms with Crippen molar-refractivity contribution in [1.82, 2.24) is 0 Å². The highest BCUT2D eigenvalue weighted by Gasteiger charge is 2.48. The maximum atomic E-state index is 2.70. The third-order valence-electron chi connectivity index (χ3n) is 22.5. The summed E-state index contributed by atoms with van der Waals surface area (Å²) < 4.78 is 0. The molecule has 0 spiro atoms. The van der Waals surface area contributed by atoms with E-state index in [1.165, 1.54) is 185 Å². The van der Waals surface area contributed by atoms with Crippen LogP contribution in [-0.2, 0) is 10.8 Å². The highest BCUT2D eigenvalue weighted by Crippen LogP contribution is 2.52. The van der Waals surface area contributed by atoms with E-state index in [-0.39, 0.29) is 24.3 Å². The summed E-state index contributed by atoms with van der Waals surface area (Å²) in [6, 6.07) is 110. The monoisotopic (exact) mass is 1270 g/mol. The second-order valence-electron chi connectivity index (χ2n) is 29.8. The largest absolute Gasteiger partial charge is 0.311 e. The first-order chi connectivity index (χ1) is 47.9. The van der Waals surface area contributed by atoms with Crippen molar-refractivity contribution in [2.75, 3.05) is 14.7 Å². The molecule has 17 aromatic carbocycles. The van der Waals surface area contributed by atoms with Crippen molar-refractivity contribution in [3.63, 3.8) is 0 Å². The van der Waals surface area contributed by atoms with Crippen LogP contribution in [0.3, 0.4) is 0 Å². The second kappa shape index (κ2) is 20.3. The lowest BCUT2D eigenvalue weighted by molar-refractivity contribution is 0.589. The number of para-hydroxylation sites is 1. The lowest BCUT2D eigenvalue weighted by Gasteiger charge is -2.47. The van der Waals surface area contributed by atoms with Gasteiger partial charge in [-0.05, 0) is 225 Å². The number of nitrogens with zero attached hydrogens (tertiary/aromatic N) is 3. The average molecular weight is 1270 g/mol.